The monoisotopic (exact) mass is 458 g/mol. The molecule has 0 unspecified atom stereocenters. The van der Waals surface area contributed by atoms with Crippen LogP contribution in [-0.2, 0) is 9.59 Å². The molecule has 8 heteroatoms. The first-order chi connectivity index (χ1) is 15.5. The number of ether oxygens (including phenoxy) is 1. The Morgan fingerprint density at radius 3 is 2.28 bits per heavy atom. The van der Waals surface area contributed by atoms with E-state index in [4.69, 9.17) is 4.74 Å². The summed E-state index contributed by atoms with van der Waals surface area (Å²) in [6.45, 7) is 10.4. The lowest BCUT2D eigenvalue weighted by Crippen LogP contribution is -2.54. The van der Waals surface area contributed by atoms with Gasteiger partial charge in [-0.15, -0.1) is 11.3 Å². The summed E-state index contributed by atoms with van der Waals surface area (Å²) in [6.07, 6.45) is 0. The number of benzene rings is 1. The zero-order valence-electron chi connectivity index (χ0n) is 19.4. The van der Waals surface area contributed by atoms with Crippen LogP contribution in [0.25, 0.3) is 0 Å². The van der Waals surface area contributed by atoms with Crippen LogP contribution in [0, 0.1) is 0 Å². The fourth-order valence-corrected chi connectivity index (χ4v) is 5.22. The summed E-state index contributed by atoms with van der Waals surface area (Å²) in [5.74, 6) is -0.135. The molecule has 0 radical (unpaired) electrons. The number of likely N-dealkylation sites (N-methyl/N-ethyl adjacent to an activating group) is 1. The van der Waals surface area contributed by atoms with Crippen molar-refractivity contribution >= 4 is 28.8 Å². The van der Waals surface area contributed by atoms with Gasteiger partial charge < -0.3 is 19.9 Å². The molecule has 0 aliphatic carbocycles. The molecular formula is C24H34N4O3S. The highest BCUT2D eigenvalue weighted by molar-refractivity contribution is 7.10. The maximum absolute atomic E-state index is 12.6. The molecular weight excluding hydrogens is 424 g/mol. The molecule has 7 nitrogen and oxygen atoms in total. The normalized spacial score (nSPS) is 16.3. The molecule has 1 aromatic carbocycles. The van der Waals surface area contributed by atoms with Crippen LogP contribution in [-0.4, -0.2) is 74.0 Å². The van der Waals surface area contributed by atoms with Gasteiger partial charge >= 0.3 is 11.8 Å². The van der Waals surface area contributed by atoms with Crippen molar-refractivity contribution in [2.24, 2.45) is 0 Å². The van der Waals surface area contributed by atoms with Gasteiger partial charge in [-0.1, -0.05) is 6.07 Å². The minimum absolute atomic E-state index is 0.0291. The second-order valence-electron chi connectivity index (χ2n) is 7.92. The van der Waals surface area contributed by atoms with E-state index < -0.39 is 11.8 Å². The van der Waals surface area contributed by atoms with Crippen LogP contribution in [0.5, 0.6) is 5.75 Å². The third-order valence-corrected chi connectivity index (χ3v) is 7.00. The van der Waals surface area contributed by atoms with E-state index >= 15 is 0 Å². The van der Waals surface area contributed by atoms with Crippen LogP contribution >= 0.6 is 11.3 Å². The van der Waals surface area contributed by atoms with Gasteiger partial charge in [-0.3, -0.25) is 14.5 Å². The van der Waals surface area contributed by atoms with Crippen LogP contribution < -0.4 is 15.0 Å². The Labute approximate surface area is 194 Å². The molecule has 3 rings (SSSR count). The van der Waals surface area contributed by atoms with Crippen LogP contribution in [0.2, 0.25) is 0 Å². The molecule has 1 aliphatic rings. The summed E-state index contributed by atoms with van der Waals surface area (Å²) in [4.78, 5) is 32.6. The van der Waals surface area contributed by atoms with Crippen molar-refractivity contribution in [3.63, 3.8) is 0 Å². The van der Waals surface area contributed by atoms with E-state index in [2.05, 4.69) is 38.7 Å². The second-order valence-corrected chi connectivity index (χ2v) is 8.90. The number of thiophene rings is 1. The molecule has 1 saturated heterocycles. The second kappa shape index (κ2) is 11.3. The van der Waals surface area contributed by atoms with Gasteiger partial charge in [0.1, 0.15) is 5.75 Å². The highest BCUT2D eigenvalue weighted by atomic mass is 32.1. The van der Waals surface area contributed by atoms with E-state index in [-0.39, 0.29) is 12.1 Å². The lowest BCUT2D eigenvalue weighted by atomic mass is 10.0. The maximum Gasteiger partial charge on any atom is 0.311 e. The smallest absolute Gasteiger partial charge is 0.311 e. The van der Waals surface area contributed by atoms with Gasteiger partial charge in [0.05, 0.1) is 13.2 Å². The molecule has 1 N–H and O–H groups in total. The van der Waals surface area contributed by atoms with Crippen molar-refractivity contribution in [2.75, 3.05) is 51.3 Å². The zero-order chi connectivity index (χ0) is 23.1. The minimum Gasteiger partial charge on any atom is -0.497 e. The van der Waals surface area contributed by atoms with Gasteiger partial charge in [0.25, 0.3) is 0 Å². The number of hydrogen-bond acceptors (Lipinski definition) is 6. The number of nitrogens with one attached hydrogen (secondary N) is 1. The lowest BCUT2D eigenvalue weighted by molar-refractivity contribution is -0.146. The van der Waals surface area contributed by atoms with Crippen LogP contribution in [0.1, 0.15) is 31.7 Å². The molecule has 0 saturated carbocycles. The number of amides is 2. The lowest BCUT2D eigenvalue weighted by Gasteiger charge is -2.42. The predicted molar refractivity (Wildman–Crippen MR) is 129 cm³/mol. The van der Waals surface area contributed by atoms with Crippen molar-refractivity contribution in [1.82, 2.24) is 15.1 Å². The molecule has 2 atom stereocenters. The van der Waals surface area contributed by atoms with Crippen LogP contribution in [0.15, 0.2) is 41.8 Å². The number of methoxy groups -OCH3 is 1. The number of carbonyl (C=O) groups excluding carboxylic acids is 2. The fourth-order valence-electron chi connectivity index (χ4n) is 4.26. The van der Waals surface area contributed by atoms with Gasteiger partial charge in [0.15, 0.2) is 0 Å². The summed E-state index contributed by atoms with van der Waals surface area (Å²) in [5.41, 5.74) is 1.18. The molecule has 32 heavy (non-hydrogen) atoms. The van der Waals surface area contributed by atoms with E-state index in [1.807, 2.05) is 39.0 Å². The third kappa shape index (κ3) is 5.61. The molecule has 174 valence electrons. The van der Waals surface area contributed by atoms with Crippen LogP contribution in [0.4, 0.5) is 5.69 Å². The first kappa shape index (κ1) is 24.1. The van der Waals surface area contributed by atoms with Crippen molar-refractivity contribution < 1.29 is 14.3 Å². The average molecular weight is 459 g/mol. The highest BCUT2D eigenvalue weighted by Gasteiger charge is 2.32. The van der Waals surface area contributed by atoms with Crippen LogP contribution in [0.3, 0.4) is 0 Å². The number of anilines is 1. The van der Waals surface area contributed by atoms with E-state index in [0.717, 1.165) is 31.9 Å². The third-order valence-electron chi connectivity index (χ3n) is 6.06. The number of hydrogen-bond donors (Lipinski definition) is 1. The minimum atomic E-state index is -0.528. The molecule has 0 spiro atoms. The Balaban J connectivity index is 1.67. The zero-order valence-corrected chi connectivity index (χ0v) is 20.2. The SMILES string of the molecule is CCN(CC)C(=O)C(=O)N[C@H](C)[C@H](c1cccs1)N1CCN(c2ccc(OC)cc2)CC1. The van der Waals surface area contributed by atoms with Gasteiger partial charge in [-0.2, -0.15) is 0 Å². The van der Waals surface area contributed by atoms with Crippen molar-refractivity contribution in [1.29, 1.82) is 0 Å². The molecule has 1 aromatic heterocycles. The van der Waals surface area contributed by atoms with Gasteiger partial charge in [-0.25, -0.2) is 0 Å². The van der Waals surface area contributed by atoms with Gasteiger partial charge in [-0.05, 0) is 56.5 Å². The topological polar surface area (TPSA) is 65.1 Å². The Kier molecular flexibility index (Phi) is 8.53. The van der Waals surface area contributed by atoms with Gasteiger partial charge in [0, 0.05) is 55.9 Å². The van der Waals surface area contributed by atoms with E-state index in [1.54, 1.807) is 23.3 Å². The fraction of sp³-hybridized carbons (Fsp3) is 0.500. The number of nitrogens with zero attached hydrogens (tertiary/aromatic N) is 3. The Morgan fingerprint density at radius 2 is 1.75 bits per heavy atom. The molecule has 2 amide bonds. The summed E-state index contributed by atoms with van der Waals surface area (Å²) < 4.78 is 5.26. The van der Waals surface area contributed by atoms with Crippen molar-refractivity contribution in [3.05, 3.63) is 46.7 Å². The average Bonchev–Trinajstić information content (AvgIpc) is 3.34. The Morgan fingerprint density at radius 1 is 1.09 bits per heavy atom. The molecule has 0 bridgehead atoms. The molecule has 2 aromatic rings. The van der Waals surface area contributed by atoms with Gasteiger partial charge in [0.2, 0.25) is 0 Å². The molecule has 1 fully saturated rings. The summed E-state index contributed by atoms with van der Waals surface area (Å²) >= 11 is 1.69. The first-order valence-electron chi connectivity index (χ1n) is 11.2. The Bertz CT molecular complexity index is 860. The van der Waals surface area contributed by atoms with E-state index in [1.165, 1.54) is 10.6 Å². The quantitative estimate of drug-likeness (QED) is 0.616. The summed E-state index contributed by atoms with van der Waals surface area (Å²) in [5, 5.41) is 5.04. The van der Waals surface area contributed by atoms with Crippen molar-refractivity contribution in [2.45, 2.75) is 32.9 Å². The van der Waals surface area contributed by atoms with E-state index in [0.29, 0.717) is 13.1 Å². The standard InChI is InChI=1S/C24H34N4O3S/c1-5-26(6-2)24(30)23(29)25-18(3)22(21-8-7-17-32-21)28-15-13-27(14-16-28)19-9-11-20(31-4)12-10-19/h7-12,17-18,22H,5-6,13-16H2,1-4H3,(H,25,29)/t18-,22-/m1/s1. The van der Waals surface area contributed by atoms with E-state index in [9.17, 15) is 9.59 Å². The predicted octanol–water partition coefficient (Wildman–Crippen LogP) is 2.99. The Hall–Kier alpha value is -2.58. The molecule has 2 heterocycles. The molecule has 1 aliphatic heterocycles. The number of rotatable bonds is 8. The number of carbonyl (C=O) groups is 2. The van der Waals surface area contributed by atoms with Crippen molar-refractivity contribution in [3.8, 4) is 5.75 Å². The number of piperazine rings is 1. The highest BCUT2D eigenvalue weighted by Crippen LogP contribution is 2.30. The largest absolute Gasteiger partial charge is 0.497 e. The summed E-state index contributed by atoms with van der Waals surface area (Å²) in [6, 6.07) is 12.1. The first-order valence-corrected chi connectivity index (χ1v) is 12.1. The summed E-state index contributed by atoms with van der Waals surface area (Å²) in [7, 11) is 1.67. The maximum atomic E-state index is 12.6.